The van der Waals surface area contributed by atoms with Crippen molar-refractivity contribution in [1.82, 2.24) is 25.4 Å². The standard InChI is InChI=1S/C13H17N5O/c19-9-18-6-5-14-8-12(18)13-10(7-16-17-13)11-3-1-2-4-15-11/h1-4,7,12,14,19H,5-6,8-9H2,(H,16,17). The van der Waals surface area contributed by atoms with Gasteiger partial charge in [0.05, 0.1) is 30.4 Å². The minimum absolute atomic E-state index is 0.0486. The van der Waals surface area contributed by atoms with E-state index in [1.165, 1.54) is 0 Å². The SMILES string of the molecule is OCN1CCNCC1c1[nH]ncc1-c1ccccn1. The Hall–Kier alpha value is -1.76. The van der Waals surface area contributed by atoms with Crippen LogP contribution in [0.1, 0.15) is 11.7 Å². The fourth-order valence-electron chi connectivity index (χ4n) is 2.48. The maximum Gasteiger partial charge on any atom is 0.0962 e. The van der Waals surface area contributed by atoms with E-state index in [9.17, 15) is 5.11 Å². The lowest BCUT2D eigenvalue weighted by Crippen LogP contribution is -2.46. The Bertz CT molecular complexity index is 527. The van der Waals surface area contributed by atoms with Crippen LogP contribution in [-0.4, -0.2) is 51.6 Å². The van der Waals surface area contributed by atoms with Crippen molar-refractivity contribution in [3.63, 3.8) is 0 Å². The summed E-state index contributed by atoms with van der Waals surface area (Å²) >= 11 is 0. The molecular weight excluding hydrogens is 242 g/mol. The third kappa shape index (κ3) is 2.37. The zero-order chi connectivity index (χ0) is 13.1. The molecule has 3 rings (SSSR count). The summed E-state index contributed by atoms with van der Waals surface area (Å²) in [7, 11) is 0. The van der Waals surface area contributed by atoms with Gasteiger partial charge in [-0.15, -0.1) is 0 Å². The maximum atomic E-state index is 9.47. The Morgan fingerprint density at radius 2 is 2.37 bits per heavy atom. The minimum Gasteiger partial charge on any atom is -0.381 e. The highest BCUT2D eigenvalue weighted by atomic mass is 16.3. The van der Waals surface area contributed by atoms with Gasteiger partial charge in [-0.1, -0.05) is 6.07 Å². The number of aromatic amines is 1. The van der Waals surface area contributed by atoms with Crippen LogP contribution in [0.25, 0.3) is 11.3 Å². The monoisotopic (exact) mass is 259 g/mol. The normalized spacial score (nSPS) is 20.6. The smallest absolute Gasteiger partial charge is 0.0962 e. The number of aromatic nitrogens is 3. The largest absolute Gasteiger partial charge is 0.381 e. The van der Waals surface area contributed by atoms with E-state index in [-0.39, 0.29) is 12.8 Å². The molecule has 0 aromatic carbocycles. The first-order valence-corrected chi connectivity index (χ1v) is 6.40. The number of rotatable bonds is 3. The molecule has 6 nitrogen and oxygen atoms in total. The first kappa shape index (κ1) is 12.3. The van der Waals surface area contributed by atoms with E-state index in [2.05, 4.69) is 20.5 Å². The summed E-state index contributed by atoms with van der Waals surface area (Å²) in [6.45, 7) is 2.56. The summed E-state index contributed by atoms with van der Waals surface area (Å²) in [5.41, 5.74) is 2.89. The van der Waals surface area contributed by atoms with Crippen molar-refractivity contribution in [2.75, 3.05) is 26.4 Å². The quantitative estimate of drug-likeness (QED) is 0.742. The highest BCUT2D eigenvalue weighted by Crippen LogP contribution is 2.28. The van der Waals surface area contributed by atoms with Gasteiger partial charge in [-0.3, -0.25) is 15.0 Å². The lowest BCUT2D eigenvalue weighted by molar-refractivity contribution is 0.0500. The number of aliphatic hydroxyl groups is 1. The fraction of sp³-hybridized carbons (Fsp3) is 0.385. The second-order valence-corrected chi connectivity index (χ2v) is 4.59. The molecule has 100 valence electrons. The predicted octanol–water partition coefficient (Wildman–Crippen LogP) is 0.368. The van der Waals surface area contributed by atoms with Gasteiger partial charge in [0.1, 0.15) is 0 Å². The molecule has 1 fully saturated rings. The van der Waals surface area contributed by atoms with Gasteiger partial charge < -0.3 is 10.4 Å². The van der Waals surface area contributed by atoms with E-state index in [0.717, 1.165) is 36.6 Å². The fourth-order valence-corrected chi connectivity index (χ4v) is 2.48. The highest BCUT2D eigenvalue weighted by molar-refractivity contribution is 5.61. The maximum absolute atomic E-state index is 9.47. The Morgan fingerprint density at radius 3 is 3.16 bits per heavy atom. The molecular formula is C13H17N5O. The van der Waals surface area contributed by atoms with Crippen molar-refractivity contribution in [2.24, 2.45) is 0 Å². The summed E-state index contributed by atoms with van der Waals surface area (Å²) in [6, 6.07) is 5.92. The van der Waals surface area contributed by atoms with Gasteiger partial charge in [0.2, 0.25) is 0 Å². The number of piperazine rings is 1. The van der Waals surface area contributed by atoms with Crippen LogP contribution in [0, 0.1) is 0 Å². The Balaban J connectivity index is 1.95. The van der Waals surface area contributed by atoms with Crippen LogP contribution >= 0.6 is 0 Å². The average Bonchev–Trinajstić information content (AvgIpc) is 2.97. The summed E-state index contributed by atoms with van der Waals surface area (Å²) in [4.78, 5) is 6.39. The molecule has 1 unspecified atom stereocenters. The number of aliphatic hydroxyl groups excluding tert-OH is 1. The molecule has 0 radical (unpaired) electrons. The van der Waals surface area contributed by atoms with E-state index in [0.29, 0.717) is 0 Å². The molecule has 19 heavy (non-hydrogen) atoms. The van der Waals surface area contributed by atoms with E-state index in [4.69, 9.17) is 0 Å². The van der Waals surface area contributed by atoms with Crippen molar-refractivity contribution in [3.8, 4) is 11.3 Å². The zero-order valence-electron chi connectivity index (χ0n) is 10.6. The average molecular weight is 259 g/mol. The summed E-state index contributed by atoms with van der Waals surface area (Å²) in [5.74, 6) is 0. The van der Waals surface area contributed by atoms with Gasteiger partial charge in [-0.2, -0.15) is 5.10 Å². The summed E-state index contributed by atoms with van der Waals surface area (Å²) in [5, 5.41) is 20.0. The molecule has 0 aliphatic carbocycles. The van der Waals surface area contributed by atoms with E-state index < -0.39 is 0 Å². The molecule has 2 aromatic rings. The molecule has 3 N–H and O–H groups in total. The van der Waals surface area contributed by atoms with Crippen molar-refractivity contribution >= 4 is 0 Å². The predicted molar refractivity (Wildman–Crippen MR) is 71.2 cm³/mol. The zero-order valence-corrected chi connectivity index (χ0v) is 10.6. The molecule has 0 bridgehead atoms. The summed E-state index contributed by atoms with van der Waals surface area (Å²) < 4.78 is 0. The molecule has 1 saturated heterocycles. The first-order valence-electron chi connectivity index (χ1n) is 6.40. The minimum atomic E-state index is 0.0486. The molecule has 6 heteroatoms. The lowest BCUT2D eigenvalue weighted by Gasteiger charge is -2.34. The topological polar surface area (TPSA) is 77.1 Å². The molecule has 1 aliphatic heterocycles. The van der Waals surface area contributed by atoms with E-state index in [1.807, 2.05) is 23.1 Å². The van der Waals surface area contributed by atoms with Gasteiger partial charge in [0.25, 0.3) is 0 Å². The van der Waals surface area contributed by atoms with Crippen LogP contribution in [0.15, 0.2) is 30.6 Å². The van der Waals surface area contributed by atoms with Crippen molar-refractivity contribution in [2.45, 2.75) is 6.04 Å². The van der Waals surface area contributed by atoms with Crippen molar-refractivity contribution in [1.29, 1.82) is 0 Å². The number of pyridine rings is 1. The lowest BCUT2D eigenvalue weighted by atomic mass is 10.0. The number of nitrogens with zero attached hydrogens (tertiary/aromatic N) is 3. The van der Waals surface area contributed by atoms with Gasteiger partial charge in [-0.05, 0) is 12.1 Å². The van der Waals surface area contributed by atoms with Crippen LogP contribution in [0.3, 0.4) is 0 Å². The Labute approximate surface area is 111 Å². The Morgan fingerprint density at radius 1 is 1.42 bits per heavy atom. The van der Waals surface area contributed by atoms with Gasteiger partial charge in [0.15, 0.2) is 0 Å². The number of hydrogen-bond donors (Lipinski definition) is 3. The van der Waals surface area contributed by atoms with E-state index in [1.54, 1.807) is 12.4 Å². The second kappa shape index (κ2) is 5.48. The van der Waals surface area contributed by atoms with Crippen LogP contribution in [0.2, 0.25) is 0 Å². The molecule has 0 saturated carbocycles. The van der Waals surface area contributed by atoms with Crippen molar-refractivity contribution in [3.05, 3.63) is 36.3 Å². The van der Waals surface area contributed by atoms with Crippen LogP contribution in [0.5, 0.6) is 0 Å². The van der Waals surface area contributed by atoms with Crippen LogP contribution in [0.4, 0.5) is 0 Å². The van der Waals surface area contributed by atoms with Gasteiger partial charge >= 0.3 is 0 Å². The molecule has 0 spiro atoms. The molecule has 1 aliphatic rings. The Kier molecular flexibility index (Phi) is 3.54. The first-order chi connectivity index (χ1) is 9.40. The number of nitrogens with one attached hydrogen (secondary N) is 2. The second-order valence-electron chi connectivity index (χ2n) is 4.59. The molecule has 3 heterocycles. The van der Waals surface area contributed by atoms with Crippen LogP contribution < -0.4 is 5.32 Å². The molecule has 2 aromatic heterocycles. The molecule has 0 amide bonds. The number of H-pyrrole nitrogens is 1. The van der Waals surface area contributed by atoms with Crippen molar-refractivity contribution < 1.29 is 5.11 Å². The number of hydrogen-bond acceptors (Lipinski definition) is 5. The summed E-state index contributed by atoms with van der Waals surface area (Å²) in [6.07, 6.45) is 3.57. The van der Waals surface area contributed by atoms with Gasteiger partial charge in [-0.25, -0.2) is 0 Å². The highest BCUT2D eigenvalue weighted by Gasteiger charge is 2.27. The van der Waals surface area contributed by atoms with Gasteiger partial charge in [0, 0.05) is 31.4 Å². The third-order valence-electron chi connectivity index (χ3n) is 3.48. The van der Waals surface area contributed by atoms with E-state index >= 15 is 0 Å². The third-order valence-corrected chi connectivity index (χ3v) is 3.48. The molecule has 1 atom stereocenters. The van der Waals surface area contributed by atoms with Crippen LogP contribution in [-0.2, 0) is 0 Å².